The highest BCUT2D eigenvalue weighted by molar-refractivity contribution is 7.18. The number of aliphatic hydroxyl groups is 1. The van der Waals surface area contributed by atoms with Crippen molar-refractivity contribution in [1.82, 2.24) is 9.97 Å². The summed E-state index contributed by atoms with van der Waals surface area (Å²) in [7, 11) is 0. The maximum atomic E-state index is 10.1. The van der Waals surface area contributed by atoms with Crippen molar-refractivity contribution in [2.45, 2.75) is 13.0 Å². The summed E-state index contributed by atoms with van der Waals surface area (Å²) in [6.45, 7) is 1.73. The van der Waals surface area contributed by atoms with Crippen LogP contribution in [0.4, 0.5) is 11.6 Å². The van der Waals surface area contributed by atoms with Gasteiger partial charge in [-0.25, -0.2) is 9.97 Å². The Hall–Kier alpha value is -3.22. The number of para-hydroxylation sites is 1. The van der Waals surface area contributed by atoms with E-state index >= 15 is 0 Å². The van der Waals surface area contributed by atoms with Crippen LogP contribution in [0.2, 0.25) is 0 Å². The fourth-order valence-corrected chi connectivity index (χ4v) is 3.87. The summed E-state index contributed by atoms with van der Waals surface area (Å²) in [5.41, 5.74) is 3.25. The number of aromatic nitrogens is 2. The molecule has 0 aliphatic carbocycles. The molecule has 4 aromatic rings. The monoisotopic (exact) mass is 389 g/mol. The average Bonchev–Trinajstić information content (AvgIpc) is 3.19. The summed E-state index contributed by atoms with van der Waals surface area (Å²) in [5.74, 6) is 0.747. The van der Waals surface area contributed by atoms with Crippen LogP contribution >= 0.6 is 11.3 Å². The SMILES string of the molecule is CC(O)c1cccc(Nc2nccc(-c3ccc(-c4ccccc4O)s3)n2)c1. The Morgan fingerprint density at radius 3 is 2.61 bits per heavy atom. The van der Waals surface area contributed by atoms with Gasteiger partial charge in [0.2, 0.25) is 5.95 Å². The van der Waals surface area contributed by atoms with Gasteiger partial charge in [0, 0.05) is 22.3 Å². The van der Waals surface area contributed by atoms with Crippen LogP contribution in [0.1, 0.15) is 18.6 Å². The van der Waals surface area contributed by atoms with Crippen LogP contribution < -0.4 is 5.32 Å². The van der Waals surface area contributed by atoms with Crippen molar-refractivity contribution in [2.24, 2.45) is 0 Å². The fraction of sp³-hybridized carbons (Fsp3) is 0.0909. The standard InChI is InChI=1S/C22H19N3O2S/c1-14(26)15-5-4-6-16(13-15)24-22-23-12-11-18(25-22)21-10-9-20(28-21)17-7-2-3-8-19(17)27/h2-14,26-27H,1H3,(H,23,24,25). The number of aliphatic hydroxyl groups excluding tert-OH is 1. The van der Waals surface area contributed by atoms with Crippen molar-refractivity contribution in [3.05, 3.63) is 78.5 Å². The fourth-order valence-electron chi connectivity index (χ4n) is 2.86. The lowest BCUT2D eigenvalue weighted by Gasteiger charge is -2.09. The molecule has 0 saturated heterocycles. The molecule has 0 spiro atoms. The molecule has 1 unspecified atom stereocenters. The van der Waals surface area contributed by atoms with Crippen LogP contribution in [-0.4, -0.2) is 20.2 Å². The van der Waals surface area contributed by atoms with Gasteiger partial charge in [-0.2, -0.15) is 0 Å². The summed E-state index contributed by atoms with van der Waals surface area (Å²) in [5, 5.41) is 23.0. The van der Waals surface area contributed by atoms with E-state index in [9.17, 15) is 10.2 Å². The van der Waals surface area contributed by atoms with Crippen molar-refractivity contribution in [2.75, 3.05) is 5.32 Å². The Morgan fingerprint density at radius 2 is 1.79 bits per heavy atom. The Balaban J connectivity index is 1.60. The molecule has 0 fully saturated rings. The van der Waals surface area contributed by atoms with Crippen molar-refractivity contribution in [1.29, 1.82) is 0 Å². The molecule has 4 rings (SSSR count). The quantitative estimate of drug-likeness (QED) is 0.427. The molecule has 1 atom stereocenters. The van der Waals surface area contributed by atoms with E-state index < -0.39 is 6.10 Å². The molecular formula is C22H19N3O2S. The lowest BCUT2D eigenvalue weighted by atomic mass is 10.1. The molecule has 0 aliphatic heterocycles. The van der Waals surface area contributed by atoms with Gasteiger partial charge in [-0.05, 0) is 55.0 Å². The van der Waals surface area contributed by atoms with Crippen LogP contribution in [0.3, 0.4) is 0 Å². The second kappa shape index (κ2) is 7.80. The number of thiophene rings is 1. The number of hydrogen-bond acceptors (Lipinski definition) is 6. The van der Waals surface area contributed by atoms with Crippen molar-refractivity contribution >= 4 is 23.0 Å². The molecule has 0 saturated carbocycles. The molecule has 140 valence electrons. The number of benzene rings is 2. The molecule has 2 aromatic carbocycles. The first-order chi connectivity index (χ1) is 13.6. The second-order valence-electron chi connectivity index (χ2n) is 6.37. The lowest BCUT2D eigenvalue weighted by molar-refractivity contribution is 0.199. The van der Waals surface area contributed by atoms with Gasteiger partial charge >= 0.3 is 0 Å². The van der Waals surface area contributed by atoms with E-state index in [2.05, 4.69) is 15.3 Å². The topological polar surface area (TPSA) is 78.3 Å². The van der Waals surface area contributed by atoms with E-state index in [1.54, 1.807) is 30.5 Å². The molecular weight excluding hydrogens is 370 g/mol. The minimum absolute atomic E-state index is 0.263. The number of aromatic hydroxyl groups is 1. The Morgan fingerprint density at radius 1 is 0.964 bits per heavy atom. The third-order valence-corrected chi connectivity index (χ3v) is 5.45. The minimum Gasteiger partial charge on any atom is -0.507 e. The van der Waals surface area contributed by atoms with Crippen molar-refractivity contribution in [3.8, 4) is 26.8 Å². The Kier molecular flexibility index (Phi) is 5.06. The van der Waals surface area contributed by atoms with Crippen LogP contribution in [0.15, 0.2) is 72.9 Å². The molecule has 6 heteroatoms. The minimum atomic E-state index is -0.534. The molecule has 5 nitrogen and oxygen atoms in total. The molecule has 0 amide bonds. The number of hydrogen-bond donors (Lipinski definition) is 3. The van der Waals surface area contributed by atoms with Gasteiger partial charge in [-0.15, -0.1) is 11.3 Å². The van der Waals surface area contributed by atoms with Gasteiger partial charge in [-0.1, -0.05) is 24.3 Å². The third kappa shape index (κ3) is 3.88. The number of phenols is 1. The largest absolute Gasteiger partial charge is 0.507 e. The highest BCUT2D eigenvalue weighted by Gasteiger charge is 2.10. The Bertz CT molecular complexity index is 1110. The first-order valence-corrected chi connectivity index (χ1v) is 9.68. The van der Waals surface area contributed by atoms with Gasteiger partial charge in [0.15, 0.2) is 0 Å². The normalized spacial score (nSPS) is 11.9. The van der Waals surface area contributed by atoms with Crippen molar-refractivity contribution in [3.63, 3.8) is 0 Å². The lowest BCUT2D eigenvalue weighted by Crippen LogP contribution is -1.99. The molecule has 2 heterocycles. The van der Waals surface area contributed by atoms with Gasteiger partial charge < -0.3 is 15.5 Å². The van der Waals surface area contributed by atoms with E-state index in [4.69, 9.17) is 0 Å². The zero-order chi connectivity index (χ0) is 19.5. The number of rotatable bonds is 5. The summed E-state index contributed by atoms with van der Waals surface area (Å²) in [6.07, 6.45) is 1.18. The summed E-state index contributed by atoms with van der Waals surface area (Å²) < 4.78 is 0. The zero-order valence-electron chi connectivity index (χ0n) is 15.2. The zero-order valence-corrected chi connectivity index (χ0v) is 16.0. The number of nitrogens with one attached hydrogen (secondary N) is 1. The highest BCUT2D eigenvalue weighted by Crippen LogP contribution is 2.37. The predicted molar refractivity (Wildman–Crippen MR) is 113 cm³/mol. The average molecular weight is 389 g/mol. The van der Waals surface area contributed by atoms with E-state index in [0.29, 0.717) is 5.95 Å². The second-order valence-corrected chi connectivity index (χ2v) is 7.46. The smallest absolute Gasteiger partial charge is 0.227 e. The van der Waals surface area contributed by atoms with Gasteiger partial charge in [0.1, 0.15) is 5.75 Å². The maximum Gasteiger partial charge on any atom is 0.227 e. The molecule has 0 radical (unpaired) electrons. The predicted octanol–water partition coefficient (Wildman–Crippen LogP) is 5.37. The van der Waals surface area contributed by atoms with Crippen LogP contribution in [-0.2, 0) is 0 Å². The third-order valence-electron chi connectivity index (χ3n) is 4.31. The van der Waals surface area contributed by atoms with Gasteiger partial charge in [0.25, 0.3) is 0 Å². The first-order valence-electron chi connectivity index (χ1n) is 8.87. The highest BCUT2D eigenvalue weighted by atomic mass is 32.1. The summed E-state index contributed by atoms with van der Waals surface area (Å²) in [6, 6.07) is 20.7. The first kappa shape index (κ1) is 18.2. The summed E-state index contributed by atoms with van der Waals surface area (Å²) >= 11 is 1.56. The summed E-state index contributed by atoms with van der Waals surface area (Å²) in [4.78, 5) is 10.9. The maximum absolute atomic E-state index is 10.1. The van der Waals surface area contributed by atoms with Crippen LogP contribution in [0.25, 0.3) is 21.0 Å². The van der Waals surface area contributed by atoms with E-state index in [0.717, 1.165) is 32.3 Å². The van der Waals surface area contributed by atoms with Gasteiger partial charge in [0.05, 0.1) is 16.7 Å². The van der Waals surface area contributed by atoms with Crippen LogP contribution in [0, 0.1) is 0 Å². The van der Waals surface area contributed by atoms with E-state index in [-0.39, 0.29) is 5.75 Å². The number of anilines is 2. The molecule has 0 aliphatic rings. The number of phenolic OH excluding ortho intramolecular Hbond substituents is 1. The number of nitrogens with zero attached hydrogens (tertiary/aromatic N) is 2. The van der Waals surface area contributed by atoms with E-state index in [1.165, 1.54) is 0 Å². The van der Waals surface area contributed by atoms with E-state index in [1.807, 2.05) is 60.7 Å². The molecule has 3 N–H and O–H groups in total. The Labute approximate surface area is 167 Å². The molecule has 0 bridgehead atoms. The van der Waals surface area contributed by atoms with Gasteiger partial charge in [-0.3, -0.25) is 0 Å². The molecule has 2 aromatic heterocycles. The van der Waals surface area contributed by atoms with Crippen molar-refractivity contribution < 1.29 is 10.2 Å². The molecule has 28 heavy (non-hydrogen) atoms. The van der Waals surface area contributed by atoms with Crippen LogP contribution in [0.5, 0.6) is 5.75 Å².